The van der Waals surface area contributed by atoms with Crippen molar-refractivity contribution in [1.82, 2.24) is 15.4 Å². The fourth-order valence-electron chi connectivity index (χ4n) is 1.78. The Morgan fingerprint density at radius 2 is 2.05 bits per heavy atom. The fraction of sp³-hybridized carbons (Fsp3) is 0.200. The molecule has 1 aromatic carbocycles. The minimum atomic E-state index is -0.310. The monoisotopic (exact) mass is 284 g/mol. The lowest BCUT2D eigenvalue weighted by atomic mass is 10.2. The van der Waals surface area contributed by atoms with Crippen LogP contribution in [0.2, 0.25) is 0 Å². The number of hydrogen-bond acceptors (Lipinski definition) is 5. The van der Waals surface area contributed by atoms with Crippen molar-refractivity contribution in [3.63, 3.8) is 0 Å². The molecule has 0 aliphatic heterocycles. The number of carbonyl (C=O) groups is 1. The topological polar surface area (TPSA) is 76.5 Å². The lowest BCUT2D eigenvalue weighted by Crippen LogP contribution is -2.20. The average Bonchev–Trinajstić information content (AvgIpc) is 2.52. The Morgan fingerprint density at radius 3 is 2.76 bits per heavy atom. The van der Waals surface area contributed by atoms with Gasteiger partial charge in [0.15, 0.2) is 0 Å². The molecule has 1 heterocycles. The molecule has 6 heteroatoms. The second-order valence-corrected chi connectivity index (χ2v) is 4.36. The Labute approximate surface area is 122 Å². The van der Waals surface area contributed by atoms with E-state index >= 15 is 0 Å². The molecule has 2 rings (SSSR count). The first kappa shape index (κ1) is 14.6. The maximum absolute atomic E-state index is 12.0. The van der Waals surface area contributed by atoms with Gasteiger partial charge in [-0.2, -0.15) is 5.10 Å². The van der Waals surface area contributed by atoms with Gasteiger partial charge in [0.25, 0.3) is 5.91 Å². The average molecular weight is 284 g/mol. The zero-order valence-corrected chi connectivity index (χ0v) is 12.1. The van der Waals surface area contributed by atoms with Crippen LogP contribution in [0.3, 0.4) is 0 Å². The van der Waals surface area contributed by atoms with Gasteiger partial charge < -0.3 is 4.74 Å². The molecule has 0 aliphatic rings. The van der Waals surface area contributed by atoms with Crippen LogP contribution >= 0.6 is 0 Å². The number of benzene rings is 1. The molecular formula is C15H16N4O2. The number of nitrogens with zero attached hydrogens (tertiary/aromatic N) is 3. The summed E-state index contributed by atoms with van der Waals surface area (Å²) in [5, 5.41) is 4.06. The highest BCUT2D eigenvalue weighted by atomic mass is 16.5. The van der Waals surface area contributed by atoms with Crippen molar-refractivity contribution in [2.24, 2.45) is 5.10 Å². The van der Waals surface area contributed by atoms with E-state index in [2.05, 4.69) is 20.5 Å². The predicted molar refractivity (Wildman–Crippen MR) is 79.4 cm³/mol. The Morgan fingerprint density at radius 1 is 1.29 bits per heavy atom. The standard InChI is InChI=1S/C15H16N4O2/c1-10-14(17-8-7-16-10)11(2)18-19-15(20)12-5-4-6-13(9-12)21-3/h4-9H,1-3H3,(H,19,20)/b18-11+. The van der Waals surface area contributed by atoms with Gasteiger partial charge in [0.1, 0.15) is 11.4 Å². The van der Waals surface area contributed by atoms with Crippen LogP contribution in [0.4, 0.5) is 0 Å². The molecule has 108 valence electrons. The molecule has 21 heavy (non-hydrogen) atoms. The third kappa shape index (κ3) is 3.62. The number of hydrogen-bond donors (Lipinski definition) is 1. The van der Waals surface area contributed by atoms with Crippen molar-refractivity contribution in [2.75, 3.05) is 7.11 Å². The van der Waals surface area contributed by atoms with Crippen molar-refractivity contribution >= 4 is 11.6 Å². The summed E-state index contributed by atoms with van der Waals surface area (Å²) < 4.78 is 5.08. The third-order valence-electron chi connectivity index (χ3n) is 2.88. The maximum Gasteiger partial charge on any atom is 0.271 e. The van der Waals surface area contributed by atoms with Crippen LogP contribution < -0.4 is 10.2 Å². The molecule has 6 nitrogen and oxygen atoms in total. The van der Waals surface area contributed by atoms with E-state index in [-0.39, 0.29) is 5.91 Å². The maximum atomic E-state index is 12.0. The molecule has 1 N–H and O–H groups in total. The largest absolute Gasteiger partial charge is 0.497 e. The number of aromatic nitrogens is 2. The summed E-state index contributed by atoms with van der Waals surface area (Å²) in [6, 6.07) is 6.86. The Hall–Kier alpha value is -2.76. The van der Waals surface area contributed by atoms with E-state index in [9.17, 15) is 4.79 Å². The van der Waals surface area contributed by atoms with E-state index in [1.165, 1.54) is 0 Å². The van der Waals surface area contributed by atoms with E-state index in [4.69, 9.17) is 4.74 Å². The summed E-state index contributed by atoms with van der Waals surface area (Å²) in [5.41, 5.74) is 4.98. The molecule has 0 bridgehead atoms. The summed E-state index contributed by atoms with van der Waals surface area (Å²) in [6.45, 7) is 3.61. The number of methoxy groups -OCH3 is 1. The van der Waals surface area contributed by atoms with Gasteiger partial charge in [-0.15, -0.1) is 0 Å². The van der Waals surface area contributed by atoms with Crippen LogP contribution in [0.5, 0.6) is 5.75 Å². The second kappa shape index (κ2) is 6.60. The van der Waals surface area contributed by atoms with E-state index in [0.29, 0.717) is 22.7 Å². The lowest BCUT2D eigenvalue weighted by Gasteiger charge is -2.05. The fourth-order valence-corrected chi connectivity index (χ4v) is 1.78. The quantitative estimate of drug-likeness (QED) is 0.687. The van der Waals surface area contributed by atoms with Crippen molar-refractivity contribution in [2.45, 2.75) is 13.8 Å². The van der Waals surface area contributed by atoms with Gasteiger partial charge in [0.2, 0.25) is 0 Å². The van der Waals surface area contributed by atoms with Gasteiger partial charge >= 0.3 is 0 Å². The van der Waals surface area contributed by atoms with Crippen LogP contribution in [0.15, 0.2) is 41.8 Å². The number of rotatable bonds is 4. The van der Waals surface area contributed by atoms with Crippen molar-refractivity contribution in [1.29, 1.82) is 0 Å². The first-order chi connectivity index (χ1) is 10.1. The Bertz CT molecular complexity index is 683. The minimum absolute atomic E-state index is 0.310. The zero-order chi connectivity index (χ0) is 15.2. The highest BCUT2D eigenvalue weighted by molar-refractivity contribution is 6.00. The van der Waals surface area contributed by atoms with Gasteiger partial charge in [0.05, 0.1) is 18.5 Å². The number of amides is 1. The molecule has 2 aromatic rings. The second-order valence-electron chi connectivity index (χ2n) is 4.36. The molecule has 0 aliphatic carbocycles. The summed E-state index contributed by atoms with van der Waals surface area (Å²) in [7, 11) is 1.55. The first-order valence-electron chi connectivity index (χ1n) is 6.38. The number of nitrogens with one attached hydrogen (secondary N) is 1. The Balaban J connectivity index is 2.13. The van der Waals surface area contributed by atoms with Gasteiger partial charge in [-0.05, 0) is 32.0 Å². The third-order valence-corrected chi connectivity index (χ3v) is 2.88. The Kier molecular flexibility index (Phi) is 4.61. The zero-order valence-electron chi connectivity index (χ0n) is 12.1. The summed E-state index contributed by atoms with van der Waals surface area (Å²) in [4.78, 5) is 20.4. The molecule has 0 spiro atoms. The number of hydrazone groups is 1. The first-order valence-corrected chi connectivity index (χ1v) is 6.38. The lowest BCUT2D eigenvalue weighted by molar-refractivity contribution is 0.0954. The number of carbonyl (C=O) groups excluding carboxylic acids is 1. The van der Waals surface area contributed by atoms with Crippen LogP contribution in [0, 0.1) is 6.92 Å². The van der Waals surface area contributed by atoms with Crippen molar-refractivity contribution in [3.8, 4) is 5.75 Å². The summed E-state index contributed by atoms with van der Waals surface area (Å²) in [5.74, 6) is 0.308. The number of aryl methyl sites for hydroxylation is 1. The van der Waals surface area contributed by atoms with E-state index in [1.54, 1.807) is 50.7 Å². The van der Waals surface area contributed by atoms with Gasteiger partial charge in [0, 0.05) is 18.0 Å². The van der Waals surface area contributed by atoms with E-state index < -0.39 is 0 Å². The SMILES string of the molecule is COc1cccc(C(=O)N/N=C(\C)c2nccnc2C)c1. The molecule has 1 aromatic heterocycles. The smallest absolute Gasteiger partial charge is 0.271 e. The molecule has 0 radical (unpaired) electrons. The molecule has 0 unspecified atom stereocenters. The highest BCUT2D eigenvalue weighted by Crippen LogP contribution is 2.12. The van der Waals surface area contributed by atoms with Crippen LogP contribution in [-0.4, -0.2) is 28.7 Å². The normalized spacial score (nSPS) is 11.1. The van der Waals surface area contributed by atoms with Gasteiger partial charge in [-0.25, -0.2) is 5.43 Å². The molecule has 0 saturated carbocycles. The molecule has 1 amide bonds. The number of ether oxygens (including phenoxy) is 1. The van der Waals surface area contributed by atoms with Gasteiger partial charge in [-0.3, -0.25) is 14.8 Å². The molecule has 0 fully saturated rings. The molecule has 0 atom stereocenters. The van der Waals surface area contributed by atoms with E-state index in [1.807, 2.05) is 6.92 Å². The predicted octanol–water partition coefficient (Wildman–Crippen LogP) is 1.95. The van der Waals surface area contributed by atoms with Crippen LogP contribution in [-0.2, 0) is 0 Å². The van der Waals surface area contributed by atoms with Crippen molar-refractivity contribution < 1.29 is 9.53 Å². The van der Waals surface area contributed by atoms with Crippen molar-refractivity contribution in [3.05, 3.63) is 53.6 Å². The van der Waals surface area contributed by atoms with Crippen LogP contribution in [0.25, 0.3) is 0 Å². The van der Waals surface area contributed by atoms with Gasteiger partial charge in [-0.1, -0.05) is 6.07 Å². The highest BCUT2D eigenvalue weighted by Gasteiger charge is 2.08. The van der Waals surface area contributed by atoms with E-state index in [0.717, 1.165) is 5.69 Å². The minimum Gasteiger partial charge on any atom is -0.497 e. The van der Waals surface area contributed by atoms with Crippen LogP contribution in [0.1, 0.15) is 28.7 Å². The molecular weight excluding hydrogens is 268 g/mol. The molecule has 0 saturated heterocycles. The summed E-state index contributed by atoms with van der Waals surface area (Å²) >= 11 is 0. The summed E-state index contributed by atoms with van der Waals surface area (Å²) in [6.07, 6.45) is 3.20.